The second-order valence-corrected chi connectivity index (χ2v) is 4.27. The van der Waals surface area contributed by atoms with Crippen LogP contribution < -0.4 is 11.1 Å². The van der Waals surface area contributed by atoms with E-state index in [1.165, 1.54) is 11.3 Å². The maximum Gasteiger partial charge on any atom is 0.263 e. The number of nitrogens with one attached hydrogen (secondary N) is 1. The van der Waals surface area contributed by atoms with Crippen molar-refractivity contribution < 1.29 is 4.79 Å². The molecule has 0 unspecified atom stereocenters. The number of amides is 1. The van der Waals surface area contributed by atoms with Crippen LogP contribution in [-0.2, 0) is 0 Å². The Morgan fingerprint density at radius 1 is 1.69 bits per heavy atom. The number of hydrogen-bond donors (Lipinski definition) is 2. The first kappa shape index (κ1) is 10.6. The van der Waals surface area contributed by atoms with E-state index in [4.69, 9.17) is 5.73 Å². The highest BCUT2D eigenvalue weighted by Gasteiger charge is 2.15. The number of thiophene rings is 1. The fourth-order valence-corrected chi connectivity index (χ4v) is 2.39. The highest BCUT2D eigenvalue weighted by Crippen LogP contribution is 2.32. The largest absolute Gasteiger partial charge is 0.397 e. The summed E-state index contributed by atoms with van der Waals surface area (Å²) < 4.78 is 0.920. The van der Waals surface area contributed by atoms with Gasteiger partial charge in [0.2, 0.25) is 0 Å². The van der Waals surface area contributed by atoms with Gasteiger partial charge in [-0.15, -0.1) is 17.9 Å². The topological polar surface area (TPSA) is 68.0 Å². The summed E-state index contributed by atoms with van der Waals surface area (Å²) >= 11 is 1.35. The lowest BCUT2D eigenvalue weighted by molar-refractivity contribution is 0.0963. The Kier molecular flexibility index (Phi) is 2.87. The first-order valence-corrected chi connectivity index (χ1v) is 5.56. The van der Waals surface area contributed by atoms with Crippen molar-refractivity contribution in [2.24, 2.45) is 0 Å². The number of aromatic nitrogens is 1. The van der Waals surface area contributed by atoms with Crippen LogP contribution >= 0.6 is 11.3 Å². The summed E-state index contributed by atoms with van der Waals surface area (Å²) in [4.78, 5) is 16.3. The molecule has 2 rings (SSSR count). The van der Waals surface area contributed by atoms with Gasteiger partial charge in [0.15, 0.2) is 0 Å². The fourth-order valence-electron chi connectivity index (χ4n) is 1.38. The summed E-state index contributed by atoms with van der Waals surface area (Å²) in [6, 6.07) is 1.81. The molecule has 4 nitrogen and oxygen atoms in total. The average Bonchev–Trinajstić information content (AvgIpc) is 2.64. The molecule has 0 spiro atoms. The third kappa shape index (κ3) is 1.77. The molecule has 5 heteroatoms. The van der Waals surface area contributed by atoms with Crippen molar-refractivity contribution in [3.05, 3.63) is 36.0 Å². The van der Waals surface area contributed by atoms with E-state index in [0.29, 0.717) is 17.1 Å². The summed E-state index contributed by atoms with van der Waals surface area (Å²) in [5, 5.41) is 3.58. The van der Waals surface area contributed by atoms with Crippen LogP contribution in [0.1, 0.15) is 9.67 Å². The van der Waals surface area contributed by atoms with Gasteiger partial charge < -0.3 is 11.1 Å². The van der Waals surface area contributed by atoms with Gasteiger partial charge in [0.1, 0.15) is 4.88 Å². The van der Waals surface area contributed by atoms with Gasteiger partial charge in [0.25, 0.3) is 5.91 Å². The molecule has 0 saturated carbocycles. The SMILES string of the molecule is C=CCNC(=O)c1sc2cnccc2c1N. The predicted molar refractivity (Wildman–Crippen MR) is 66.6 cm³/mol. The van der Waals surface area contributed by atoms with Crippen molar-refractivity contribution in [2.45, 2.75) is 0 Å². The maximum atomic E-state index is 11.7. The van der Waals surface area contributed by atoms with Crippen LogP contribution in [0, 0.1) is 0 Å². The molecule has 82 valence electrons. The Hall–Kier alpha value is -1.88. The van der Waals surface area contributed by atoms with Crippen molar-refractivity contribution in [3.63, 3.8) is 0 Å². The standard InChI is InChI=1S/C11H11N3OS/c1-2-4-14-11(15)10-9(12)7-3-5-13-6-8(7)16-10/h2-3,5-6H,1,4,12H2,(H,14,15). The van der Waals surface area contributed by atoms with E-state index >= 15 is 0 Å². The van der Waals surface area contributed by atoms with Gasteiger partial charge in [-0.3, -0.25) is 9.78 Å². The predicted octanol–water partition coefficient (Wildman–Crippen LogP) is 1.79. The summed E-state index contributed by atoms with van der Waals surface area (Å²) in [5.41, 5.74) is 6.43. The summed E-state index contributed by atoms with van der Waals surface area (Å²) in [7, 11) is 0. The molecule has 0 saturated heterocycles. The number of fused-ring (bicyclic) bond motifs is 1. The summed E-state index contributed by atoms with van der Waals surface area (Å²) in [6.45, 7) is 3.97. The zero-order valence-corrected chi connectivity index (χ0v) is 9.38. The number of nitrogens with two attached hydrogens (primary N) is 1. The van der Waals surface area contributed by atoms with Gasteiger partial charge in [-0.2, -0.15) is 0 Å². The molecule has 0 fully saturated rings. The van der Waals surface area contributed by atoms with Gasteiger partial charge in [-0.1, -0.05) is 6.08 Å². The highest BCUT2D eigenvalue weighted by molar-refractivity contribution is 7.21. The molecule has 1 amide bonds. The Labute approximate surface area is 96.8 Å². The number of hydrogen-bond acceptors (Lipinski definition) is 4. The Bertz CT molecular complexity index is 547. The Balaban J connectivity index is 2.41. The third-order valence-corrected chi connectivity index (χ3v) is 3.30. The molecule has 0 aromatic carbocycles. The fraction of sp³-hybridized carbons (Fsp3) is 0.0909. The van der Waals surface area contributed by atoms with E-state index in [1.807, 2.05) is 6.07 Å². The minimum absolute atomic E-state index is 0.168. The smallest absolute Gasteiger partial charge is 0.263 e. The normalized spacial score (nSPS) is 10.2. The minimum atomic E-state index is -0.168. The van der Waals surface area contributed by atoms with Crippen molar-refractivity contribution in [1.82, 2.24) is 10.3 Å². The van der Waals surface area contributed by atoms with Crippen molar-refractivity contribution >= 4 is 33.0 Å². The van der Waals surface area contributed by atoms with E-state index in [0.717, 1.165) is 10.1 Å². The van der Waals surface area contributed by atoms with Crippen LogP contribution in [0.2, 0.25) is 0 Å². The lowest BCUT2D eigenvalue weighted by Crippen LogP contribution is -2.22. The Morgan fingerprint density at radius 3 is 3.19 bits per heavy atom. The molecule has 0 bridgehead atoms. The van der Waals surface area contributed by atoms with Gasteiger partial charge in [-0.25, -0.2) is 0 Å². The lowest BCUT2D eigenvalue weighted by atomic mass is 10.2. The molecule has 0 radical (unpaired) electrons. The van der Waals surface area contributed by atoms with Crippen LogP contribution in [-0.4, -0.2) is 17.4 Å². The molecule has 2 aromatic rings. The number of rotatable bonds is 3. The van der Waals surface area contributed by atoms with Crippen LogP contribution in [0.3, 0.4) is 0 Å². The zero-order chi connectivity index (χ0) is 11.5. The second kappa shape index (κ2) is 4.32. The monoisotopic (exact) mass is 233 g/mol. The van der Waals surface area contributed by atoms with Crippen molar-refractivity contribution in [1.29, 1.82) is 0 Å². The van der Waals surface area contributed by atoms with Crippen molar-refractivity contribution in [2.75, 3.05) is 12.3 Å². The average molecular weight is 233 g/mol. The number of pyridine rings is 1. The van der Waals surface area contributed by atoms with Crippen molar-refractivity contribution in [3.8, 4) is 0 Å². The lowest BCUT2D eigenvalue weighted by Gasteiger charge is -1.99. The van der Waals surface area contributed by atoms with Crippen LogP contribution in [0.25, 0.3) is 10.1 Å². The highest BCUT2D eigenvalue weighted by atomic mass is 32.1. The first-order chi connectivity index (χ1) is 7.74. The van der Waals surface area contributed by atoms with E-state index in [-0.39, 0.29) is 5.91 Å². The second-order valence-electron chi connectivity index (χ2n) is 3.22. The molecular formula is C11H11N3OS. The molecule has 0 atom stereocenters. The molecule has 3 N–H and O–H groups in total. The minimum Gasteiger partial charge on any atom is -0.397 e. The van der Waals surface area contributed by atoms with Gasteiger partial charge in [-0.05, 0) is 6.07 Å². The molecular weight excluding hydrogens is 222 g/mol. The maximum absolute atomic E-state index is 11.7. The number of nitrogens with zero attached hydrogens (tertiary/aromatic N) is 1. The number of anilines is 1. The molecule has 0 aliphatic heterocycles. The van der Waals surface area contributed by atoms with Gasteiger partial charge in [0.05, 0.1) is 10.4 Å². The Morgan fingerprint density at radius 2 is 2.50 bits per heavy atom. The van der Waals surface area contributed by atoms with Gasteiger partial charge >= 0.3 is 0 Å². The summed E-state index contributed by atoms with van der Waals surface area (Å²) in [6.07, 6.45) is 5.00. The molecule has 0 aliphatic carbocycles. The first-order valence-electron chi connectivity index (χ1n) is 4.75. The van der Waals surface area contributed by atoms with E-state index in [9.17, 15) is 4.79 Å². The van der Waals surface area contributed by atoms with E-state index in [2.05, 4.69) is 16.9 Å². The van der Waals surface area contributed by atoms with E-state index in [1.54, 1.807) is 18.5 Å². The van der Waals surface area contributed by atoms with Crippen LogP contribution in [0.5, 0.6) is 0 Å². The molecule has 2 aromatic heterocycles. The summed E-state index contributed by atoms with van der Waals surface area (Å²) in [5.74, 6) is -0.168. The number of nitrogen functional groups attached to an aromatic ring is 1. The van der Waals surface area contributed by atoms with E-state index < -0.39 is 0 Å². The number of carbonyl (C=O) groups excluding carboxylic acids is 1. The molecule has 2 heterocycles. The number of carbonyl (C=O) groups is 1. The molecule has 16 heavy (non-hydrogen) atoms. The molecule has 0 aliphatic rings. The quantitative estimate of drug-likeness (QED) is 0.794. The third-order valence-electron chi connectivity index (χ3n) is 2.14. The van der Waals surface area contributed by atoms with Gasteiger partial charge in [0, 0.05) is 24.3 Å². The zero-order valence-electron chi connectivity index (χ0n) is 8.56. The van der Waals surface area contributed by atoms with Crippen LogP contribution in [0.15, 0.2) is 31.1 Å². The van der Waals surface area contributed by atoms with Crippen LogP contribution in [0.4, 0.5) is 5.69 Å².